The Labute approximate surface area is 134 Å². The van der Waals surface area contributed by atoms with Gasteiger partial charge in [-0.3, -0.25) is 9.59 Å². The van der Waals surface area contributed by atoms with Gasteiger partial charge in [-0.1, -0.05) is 37.6 Å². The third kappa shape index (κ3) is 4.77. The van der Waals surface area contributed by atoms with Crippen LogP contribution in [0, 0.1) is 6.92 Å². The van der Waals surface area contributed by atoms with E-state index in [1.54, 1.807) is 6.20 Å². The minimum atomic E-state index is -0.176. The molecule has 22 heavy (non-hydrogen) atoms. The maximum atomic E-state index is 12.1. The highest BCUT2D eigenvalue weighted by atomic mass is 32.1. The molecule has 5 heteroatoms. The molecule has 0 aliphatic heterocycles. The molecule has 0 saturated carbocycles. The number of hydrogen-bond acceptors (Lipinski definition) is 4. The summed E-state index contributed by atoms with van der Waals surface area (Å²) in [5.41, 5.74) is 1.90. The maximum Gasteiger partial charge on any atom is 0.226 e. The van der Waals surface area contributed by atoms with E-state index in [0.717, 1.165) is 17.7 Å². The summed E-state index contributed by atoms with van der Waals surface area (Å²) in [6, 6.07) is 7.65. The molecule has 0 unspecified atom stereocenters. The number of amides is 1. The van der Waals surface area contributed by atoms with Crippen LogP contribution in [0.15, 0.2) is 30.5 Å². The van der Waals surface area contributed by atoms with E-state index in [0.29, 0.717) is 10.7 Å². The SMILES string of the molecule is CCCc1ccc(C(=O)CCC(=O)Nc2ncc(C)s2)cc1. The van der Waals surface area contributed by atoms with Crippen molar-refractivity contribution in [2.24, 2.45) is 0 Å². The van der Waals surface area contributed by atoms with Crippen molar-refractivity contribution in [3.05, 3.63) is 46.5 Å². The predicted molar refractivity (Wildman–Crippen MR) is 89.5 cm³/mol. The molecule has 2 rings (SSSR count). The molecule has 1 N–H and O–H groups in total. The summed E-state index contributed by atoms with van der Waals surface area (Å²) in [6.45, 7) is 4.06. The highest BCUT2D eigenvalue weighted by molar-refractivity contribution is 7.15. The van der Waals surface area contributed by atoms with E-state index in [-0.39, 0.29) is 24.5 Å². The number of aryl methyl sites for hydroxylation is 2. The van der Waals surface area contributed by atoms with Crippen LogP contribution in [0.2, 0.25) is 0 Å². The van der Waals surface area contributed by atoms with Gasteiger partial charge >= 0.3 is 0 Å². The van der Waals surface area contributed by atoms with Gasteiger partial charge in [0.2, 0.25) is 5.91 Å². The maximum absolute atomic E-state index is 12.1. The second-order valence-electron chi connectivity index (χ2n) is 5.19. The number of ketones is 1. The summed E-state index contributed by atoms with van der Waals surface area (Å²) >= 11 is 1.42. The summed E-state index contributed by atoms with van der Waals surface area (Å²) in [6.07, 6.45) is 4.20. The first kappa shape index (κ1) is 16.4. The molecule has 0 bridgehead atoms. The second kappa shape index (κ2) is 7.84. The van der Waals surface area contributed by atoms with E-state index < -0.39 is 0 Å². The third-order valence-electron chi connectivity index (χ3n) is 3.26. The first-order chi connectivity index (χ1) is 10.6. The second-order valence-corrected chi connectivity index (χ2v) is 6.43. The van der Waals surface area contributed by atoms with E-state index in [1.807, 2.05) is 31.2 Å². The van der Waals surface area contributed by atoms with Crippen molar-refractivity contribution in [2.45, 2.75) is 39.5 Å². The minimum Gasteiger partial charge on any atom is -0.302 e. The Bertz CT molecular complexity index is 647. The molecular formula is C17H20N2O2S. The van der Waals surface area contributed by atoms with Crippen molar-refractivity contribution >= 4 is 28.2 Å². The lowest BCUT2D eigenvalue weighted by atomic mass is 10.0. The quantitative estimate of drug-likeness (QED) is 0.785. The molecule has 4 nitrogen and oxygen atoms in total. The number of rotatable bonds is 7. The van der Waals surface area contributed by atoms with Gasteiger partial charge in [-0.2, -0.15) is 0 Å². The first-order valence-electron chi connectivity index (χ1n) is 7.43. The molecule has 1 amide bonds. The lowest BCUT2D eigenvalue weighted by Gasteiger charge is -2.03. The molecule has 2 aromatic rings. The van der Waals surface area contributed by atoms with Crippen molar-refractivity contribution in [1.29, 1.82) is 0 Å². The Morgan fingerprint density at radius 2 is 1.91 bits per heavy atom. The molecule has 0 atom stereocenters. The number of aromatic nitrogens is 1. The molecule has 0 aliphatic rings. The summed E-state index contributed by atoms with van der Waals surface area (Å²) in [5, 5.41) is 3.29. The Morgan fingerprint density at radius 3 is 2.50 bits per heavy atom. The van der Waals surface area contributed by atoms with Gasteiger partial charge < -0.3 is 5.32 Å². The zero-order chi connectivity index (χ0) is 15.9. The van der Waals surface area contributed by atoms with Gasteiger partial charge in [0.15, 0.2) is 10.9 Å². The number of carbonyl (C=O) groups excluding carboxylic acids is 2. The van der Waals surface area contributed by atoms with Crippen molar-refractivity contribution in [1.82, 2.24) is 4.98 Å². The van der Waals surface area contributed by atoms with Crippen LogP contribution in [0.1, 0.15) is 47.0 Å². The van der Waals surface area contributed by atoms with E-state index in [9.17, 15) is 9.59 Å². The standard InChI is InChI=1S/C17H20N2O2S/c1-3-4-13-5-7-14(8-6-13)15(20)9-10-16(21)19-17-18-11-12(2)22-17/h5-8,11H,3-4,9-10H2,1-2H3,(H,18,19,21). The molecule has 0 spiro atoms. The normalized spacial score (nSPS) is 10.5. The third-order valence-corrected chi connectivity index (χ3v) is 4.09. The van der Waals surface area contributed by atoms with Crippen LogP contribution in [0.3, 0.4) is 0 Å². The van der Waals surface area contributed by atoms with Crippen LogP contribution in [0.5, 0.6) is 0 Å². The van der Waals surface area contributed by atoms with Crippen LogP contribution in [-0.4, -0.2) is 16.7 Å². The van der Waals surface area contributed by atoms with Crippen LogP contribution in [0.25, 0.3) is 0 Å². The Morgan fingerprint density at radius 1 is 1.18 bits per heavy atom. The van der Waals surface area contributed by atoms with E-state index in [2.05, 4.69) is 17.2 Å². The Hall–Kier alpha value is -2.01. The van der Waals surface area contributed by atoms with Crippen molar-refractivity contribution in [3.8, 4) is 0 Å². The topological polar surface area (TPSA) is 59.1 Å². The van der Waals surface area contributed by atoms with Gasteiger partial charge in [0, 0.05) is 29.5 Å². The van der Waals surface area contributed by atoms with Gasteiger partial charge in [0.05, 0.1) is 0 Å². The summed E-state index contributed by atoms with van der Waals surface area (Å²) in [4.78, 5) is 29.0. The zero-order valence-electron chi connectivity index (χ0n) is 12.9. The number of thiazole rings is 1. The molecule has 0 aliphatic carbocycles. The molecule has 1 heterocycles. The number of benzene rings is 1. The van der Waals surface area contributed by atoms with Crippen LogP contribution in [0.4, 0.5) is 5.13 Å². The number of nitrogens with zero attached hydrogens (tertiary/aromatic N) is 1. The summed E-state index contributed by atoms with van der Waals surface area (Å²) in [7, 11) is 0. The summed E-state index contributed by atoms with van der Waals surface area (Å²) in [5.74, 6) is -0.182. The van der Waals surface area contributed by atoms with Gasteiger partial charge in [0.25, 0.3) is 0 Å². The van der Waals surface area contributed by atoms with Crippen LogP contribution >= 0.6 is 11.3 Å². The van der Waals surface area contributed by atoms with Crippen LogP contribution < -0.4 is 5.32 Å². The average molecular weight is 316 g/mol. The van der Waals surface area contributed by atoms with Crippen molar-refractivity contribution in [2.75, 3.05) is 5.32 Å². The fourth-order valence-corrected chi connectivity index (χ4v) is 2.79. The van der Waals surface area contributed by atoms with Gasteiger partial charge in [0.1, 0.15) is 0 Å². The fourth-order valence-electron chi connectivity index (χ4n) is 2.11. The number of Topliss-reactive ketones (excluding diaryl/α,β-unsaturated/α-hetero) is 1. The van der Waals surface area contributed by atoms with Crippen molar-refractivity contribution < 1.29 is 9.59 Å². The average Bonchev–Trinajstić information content (AvgIpc) is 2.91. The lowest BCUT2D eigenvalue weighted by molar-refractivity contribution is -0.116. The highest BCUT2D eigenvalue weighted by Gasteiger charge is 2.10. The van der Waals surface area contributed by atoms with Crippen LogP contribution in [-0.2, 0) is 11.2 Å². The van der Waals surface area contributed by atoms with E-state index in [4.69, 9.17) is 0 Å². The molecule has 1 aromatic heterocycles. The minimum absolute atomic E-state index is 0.00600. The molecule has 0 radical (unpaired) electrons. The van der Waals surface area contributed by atoms with Gasteiger partial charge in [-0.15, -0.1) is 11.3 Å². The largest absolute Gasteiger partial charge is 0.302 e. The lowest BCUT2D eigenvalue weighted by Crippen LogP contribution is -2.13. The first-order valence-corrected chi connectivity index (χ1v) is 8.24. The van der Waals surface area contributed by atoms with E-state index in [1.165, 1.54) is 16.9 Å². The molecule has 0 saturated heterocycles. The monoisotopic (exact) mass is 316 g/mol. The van der Waals surface area contributed by atoms with Gasteiger partial charge in [-0.05, 0) is 18.9 Å². The predicted octanol–water partition coefficient (Wildman–Crippen LogP) is 4.01. The number of nitrogens with one attached hydrogen (secondary N) is 1. The molecule has 1 aromatic carbocycles. The highest BCUT2D eigenvalue weighted by Crippen LogP contribution is 2.17. The Balaban J connectivity index is 1.82. The molecule has 116 valence electrons. The number of hydrogen-bond donors (Lipinski definition) is 1. The number of carbonyl (C=O) groups is 2. The van der Waals surface area contributed by atoms with Gasteiger partial charge in [-0.25, -0.2) is 4.98 Å². The molecule has 0 fully saturated rings. The zero-order valence-corrected chi connectivity index (χ0v) is 13.7. The summed E-state index contributed by atoms with van der Waals surface area (Å²) < 4.78 is 0. The smallest absolute Gasteiger partial charge is 0.226 e. The number of anilines is 1. The Kier molecular flexibility index (Phi) is 5.83. The van der Waals surface area contributed by atoms with E-state index >= 15 is 0 Å². The molecular weight excluding hydrogens is 296 g/mol. The van der Waals surface area contributed by atoms with Crippen molar-refractivity contribution in [3.63, 3.8) is 0 Å². The fraction of sp³-hybridized carbons (Fsp3) is 0.353.